The summed E-state index contributed by atoms with van der Waals surface area (Å²) in [4.78, 5) is 26.7. The van der Waals surface area contributed by atoms with E-state index in [9.17, 15) is 9.59 Å². The average Bonchev–Trinajstić information content (AvgIpc) is 2.42. The lowest BCUT2D eigenvalue weighted by Gasteiger charge is -2.05. The summed E-state index contributed by atoms with van der Waals surface area (Å²) < 4.78 is 5.22. The van der Waals surface area contributed by atoms with Gasteiger partial charge in [0.15, 0.2) is 0 Å². The van der Waals surface area contributed by atoms with Crippen LogP contribution in [0.3, 0.4) is 0 Å². The van der Waals surface area contributed by atoms with Crippen LogP contribution in [0, 0.1) is 0 Å². The van der Waals surface area contributed by atoms with E-state index in [1.807, 2.05) is 0 Å². The summed E-state index contributed by atoms with van der Waals surface area (Å²) >= 11 is 3.28. The van der Waals surface area contributed by atoms with Crippen LogP contribution in [0.4, 0.5) is 0 Å². The van der Waals surface area contributed by atoms with E-state index < -0.39 is 0 Å². The first kappa shape index (κ1) is 15.6. The third-order valence-electron chi connectivity index (χ3n) is 2.54. The van der Waals surface area contributed by atoms with Crippen molar-refractivity contribution in [3.05, 3.63) is 28.5 Å². The standard InChI is InChI=1S/C13H17BrN2O3/c1-19-11(17)7-3-2-4-8-16-13(18)12-10(14)6-5-9-15-12/h5-6,9H,2-4,7-8H2,1H3,(H,16,18). The number of nitrogens with zero attached hydrogens (tertiary/aromatic N) is 1. The highest BCUT2D eigenvalue weighted by molar-refractivity contribution is 9.10. The van der Waals surface area contributed by atoms with Crippen LogP contribution < -0.4 is 5.32 Å². The fourth-order valence-electron chi connectivity index (χ4n) is 1.51. The van der Waals surface area contributed by atoms with Crippen molar-refractivity contribution in [2.75, 3.05) is 13.7 Å². The molecule has 1 rings (SSSR count). The lowest BCUT2D eigenvalue weighted by Crippen LogP contribution is -2.25. The van der Waals surface area contributed by atoms with E-state index in [2.05, 4.69) is 31.0 Å². The Hall–Kier alpha value is -1.43. The molecule has 19 heavy (non-hydrogen) atoms. The molecule has 0 aromatic carbocycles. The van der Waals surface area contributed by atoms with Crippen LogP contribution >= 0.6 is 15.9 Å². The molecule has 0 atom stereocenters. The third kappa shape index (κ3) is 5.83. The van der Waals surface area contributed by atoms with E-state index >= 15 is 0 Å². The molecular formula is C13H17BrN2O3. The fraction of sp³-hybridized carbons (Fsp3) is 0.462. The van der Waals surface area contributed by atoms with Gasteiger partial charge in [0.25, 0.3) is 5.91 Å². The Balaban J connectivity index is 2.18. The summed E-state index contributed by atoms with van der Waals surface area (Å²) in [6.07, 6.45) is 4.48. The number of hydrogen-bond donors (Lipinski definition) is 1. The Bertz CT molecular complexity index is 438. The molecule has 0 bridgehead atoms. The number of unbranched alkanes of at least 4 members (excludes halogenated alkanes) is 2. The highest BCUT2D eigenvalue weighted by Gasteiger charge is 2.09. The van der Waals surface area contributed by atoms with Gasteiger partial charge in [0.1, 0.15) is 5.69 Å². The van der Waals surface area contributed by atoms with Gasteiger partial charge in [0.05, 0.1) is 7.11 Å². The Morgan fingerprint density at radius 3 is 2.84 bits per heavy atom. The minimum atomic E-state index is -0.194. The highest BCUT2D eigenvalue weighted by atomic mass is 79.9. The zero-order chi connectivity index (χ0) is 14.1. The molecule has 0 unspecified atom stereocenters. The van der Waals surface area contributed by atoms with E-state index in [4.69, 9.17) is 0 Å². The molecule has 1 aromatic heterocycles. The number of halogens is 1. The molecule has 0 aliphatic rings. The number of esters is 1. The van der Waals surface area contributed by atoms with Crippen LogP contribution in [0.25, 0.3) is 0 Å². The molecule has 6 heteroatoms. The van der Waals surface area contributed by atoms with E-state index in [0.717, 1.165) is 19.3 Å². The second-order valence-corrected chi connectivity index (χ2v) is 4.83. The predicted molar refractivity (Wildman–Crippen MR) is 74.8 cm³/mol. The lowest BCUT2D eigenvalue weighted by molar-refractivity contribution is -0.140. The van der Waals surface area contributed by atoms with Crippen LogP contribution in [0.5, 0.6) is 0 Å². The summed E-state index contributed by atoms with van der Waals surface area (Å²) in [5.74, 6) is -0.387. The van der Waals surface area contributed by atoms with Gasteiger partial charge in [-0.1, -0.05) is 6.42 Å². The van der Waals surface area contributed by atoms with Crippen molar-refractivity contribution in [2.45, 2.75) is 25.7 Å². The zero-order valence-electron chi connectivity index (χ0n) is 10.8. The van der Waals surface area contributed by atoms with Gasteiger partial charge in [0.2, 0.25) is 0 Å². The Kier molecular flexibility index (Phi) is 7.10. The first-order chi connectivity index (χ1) is 9.15. The summed E-state index contributed by atoms with van der Waals surface area (Å²) in [5.41, 5.74) is 0.386. The number of pyridine rings is 1. The Morgan fingerprint density at radius 1 is 1.37 bits per heavy atom. The van der Waals surface area contributed by atoms with Gasteiger partial charge >= 0.3 is 5.97 Å². The number of aromatic nitrogens is 1. The van der Waals surface area contributed by atoms with Crippen molar-refractivity contribution in [1.29, 1.82) is 0 Å². The predicted octanol–water partition coefficient (Wildman–Crippen LogP) is 2.31. The maximum Gasteiger partial charge on any atom is 0.305 e. The van der Waals surface area contributed by atoms with Gasteiger partial charge in [-0.2, -0.15) is 0 Å². The number of ether oxygens (including phenoxy) is 1. The molecule has 1 amide bonds. The highest BCUT2D eigenvalue weighted by Crippen LogP contribution is 2.12. The van der Waals surface area contributed by atoms with Crippen molar-refractivity contribution in [3.63, 3.8) is 0 Å². The summed E-state index contributed by atoms with van der Waals surface area (Å²) in [7, 11) is 1.38. The fourth-order valence-corrected chi connectivity index (χ4v) is 1.95. The number of nitrogens with one attached hydrogen (secondary N) is 1. The average molecular weight is 329 g/mol. The van der Waals surface area contributed by atoms with Gasteiger partial charge in [-0.15, -0.1) is 0 Å². The molecule has 1 N–H and O–H groups in total. The van der Waals surface area contributed by atoms with Crippen LogP contribution in [-0.4, -0.2) is 30.5 Å². The number of hydrogen-bond acceptors (Lipinski definition) is 4. The maximum absolute atomic E-state index is 11.8. The molecule has 0 spiro atoms. The molecule has 0 fully saturated rings. The van der Waals surface area contributed by atoms with Crippen molar-refractivity contribution in [2.24, 2.45) is 0 Å². The molecule has 1 aromatic rings. The molecule has 1 heterocycles. The first-order valence-electron chi connectivity index (χ1n) is 6.10. The maximum atomic E-state index is 11.8. The smallest absolute Gasteiger partial charge is 0.305 e. The normalized spacial score (nSPS) is 10.0. The largest absolute Gasteiger partial charge is 0.469 e. The SMILES string of the molecule is COC(=O)CCCCCNC(=O)c1ncccc1Br. The lowest BCUT2D eigenvalue weighted by atomic mass is 10.2. The second-order valence-electron chi connectivity index (χ2n) is 3.98. The minimum Gasteiger partial charge on any atom is -0.469 e. The minimum absolute atomic E-state index is 0.193. The van der Waals surface area contributed by atoms with Crippen molar-refractivity contribution in [1.82, 2.24) is 10.3 Å². The topological polar surface area (TPSA) is 68.3 Å². The van der Waals surface area contributed by atoms with Gasteiger partial charge in [-0.25, -0.2) is 4.98 Å². The molecule has 0 aliphatic carbocycles. The number of carbonyl (C=O) groups excluding carboxylic acids is 2. The number of rotatable bonds is 7. The molecule has 0 saturated heterocycles. The quantitative estimate of drug-likeness (QED) is 0.616. The summed E-state index contributed by atoms with van der Waals surface area (Å²) in [5, 5.41) is 2.79. The van der Waals surface area contributed by atoms with Gasteiger partial charge in [0, 0.05) is 23.6 Å². The Morgan fingerprint density at radius 2 is 2.16 bits per heavy atom. The van der Waals surface area contributed by atoms with Gasteiger partial charge in [-0.05, 0) is 40.9 Å². The second kappa shape index (κ2) is 8.63. The van der Waals surface area contributed by atoms with Crippen LogP contribution in [0.1, 0.15) is 36.2 Å². The van der Waals surface area contributed by atoms with E-state index in [1.54, 1.807) is 18.3 Å². The molecule has 0 radical (unpaired) electrons. The molecular weight excluding hydrogens is 312 g/mol. The number of amides is 1. The summed E-state index contributed by atoms with van der Waals surface area (Å²) in [6, 6.07) is 3.53. The molecule has 0 saturated carbocycles. The number of carbonyl (C=O) groups is 2. The van der Waals surface area contributed by atoms with Crippen LogP contribution in [-0.2, 0) is 9.53 Å². The zero-order valence-corrected chi connectivity index (χ0v) is 12.4. The van der Waals surface area contributed by atoms with Crippen molar-refractivity contribution in [3.8, 4) is 0 Å². The summed E-state index contributed by atoms with van der Waals surface area (Å²) in [6.45, 7) is 0.572. The monoisotopic (exact) mass is 328 g/mol. The molecule has 0 aliphatic heterocycles. The Labute approximate surface area is 120 Å². The van der Waals surface area contributed by atoms with E-state index in [0.29, 0.717) is 23.1 Å². The van der Waals surface area contributed by atoms with E-state index in [-0.39, 0.29) is 11.9 Å². The van der Waals surface area contributed by atoms with Gasteiger partial charge in [-0.3, -0.25) is 9.59 Å². The van der Waals surface area contributed by atoms with E-state index in [1.165, 1.54) is 7.11 Å². The van der Waals surface area contributed by atoms with Crippen LogP contribution in [0.15, 0.2) is 22.8 Å². The third-order valence-corrected chi connectivity index (χ3v) is 3.18. The molecule has 104 valence electrons. The number of methoxy groups -OCH3 is 1. The van der Waals surface area contributed by atoms with Crippen LogP contribution in [0.2, 0.25) is 0 Å². The van der Waals surface area contributed by atoms with Gasteiger partial charge < -0.3 is 10.1 Å². The van der Waals surface area contributed by atoms with Crippen molar-refractivity contribution < 1.29 is 14.3 Å². The molecule has 5 nitrogen and oxygen atoms in total. The van der Waals surface area contributed by atoms with Crippen molar-refractivity contribution >= 4 is 27.8 Å². The first-order valence-corrected chi connectivity index (χ1v) is 6.90.